The Balaban J connectivity index is 2.48. The van der Waals surface area contributed by atoms with Gasteiger partial charge in [-0.05, 0) is 31.5 Å². The standard InChI is InChI=1S/C14H18N2O3S/c1-3-16(14-7-5-4-6-11(14)2)20(18,19)13-8-12(10-17)15-9-13/h4-9,15,17H,3,10H2,1-2H3. The molecule has 20 heavy (non-hydrogen) atoms. The van der Waals surface area contributed by atoms with E-state index in [0.29, 0.717) is 17.9 Å². The van der Waals surface area contributed by atoms with Gasteiger partial charge in [-0.2, -0.15) is 0 Å². The summed E-state index contributed by atoms with van der Waals surface area (Å²) in [7, 11) is -3.62. The molecule has 0 saturated carbocycles. The van der Waals surface area contributed by atoms with Crippen molar-refractivity contribution < 1.29 is 13.5 Å². The molecular formula is C14H18N2O3S. The van der Waals surface area contributed by atoms with E-state index in [9.17, 15) is 8.42 Å². The average Bonchev–Trinajstić information content (AvgIpc) is 2.91. The fourth-order valence-electron chi connectivity index (χ4n) is 2.10. The molecule has 0 unspecified atom stereocenters. The van der Waals surface area contributed by atoms with Crippen LogP contribution >= 0.6 is 0 Å². The van der Waals surface area contributed by atoms with Crippen LogP contribution in [-0.4, -0.2) is 25.1 Å². The van der Waals surface area contributed by atoms with Crippen molar-refractivity contribution in [2.45, 2.75) is 25.3 Å². The second-order valence-corrected chi connectivity index (χ2v) is 6.34. The highest BCUT2D eigenvalue weighted by Crippen LogP contribution is 2.26. The van der Waals surface area contributed by atoms with E-state index in [1.165, 1.54) is 16.6 Å². The smallest absolute Gasteiger partial charge is 0.265 e. The molecule has 1 heterocycles. The molecule has 2 aromatic rings. The van der Waals surface area contributed by atoms with Crippen LogP contribution in [0.25, 0.3) is 0 Å². The Morgan fingerprint density at radius 3 is 2.55 bits per heavy atom. The number of hydrogen-bond acceptors (Lipinski definition) is 3. The predicted molar refractivity (Wildman–Crippen MR) is 78.1 cm³/mol. The molecule has 108 valence electrons. The number of aliphatic hydroxyl groups excluding tert-OH is 1. The van der Waals surface area contributed by atoms with Gasteiger partial charge in [0.1, 0.15) is 4.90 Å². The minimum absolute atomic E-state index is 0.159. The zero-order valence-corrected chi connectivity index (χ0v) is 12.3. The summed E-state index contributed by atoms with van der Waals surface area (Å²) in [6, 6.07) is 8.81. The molecule has 1 aromatic heterocycles. The molecule has 0 atom stereocenters. The summed E-state index contributed by atoms with van der Waals surface area (Å²) >= 11 is 0. The van der Waals surface area contributed by atoms with Gasteiger partial charge in [0, 0.05) is 18.4 Å². The third-order valence-corrected chi connectivity index (χ3v) is 5.01. The number of aromatic amines is 1. The van der Waals surface area contributed by atoms with E-state index in [1.807, 2.05) is 25.1 Å². The first-order chi connectivity index (χ1) is 9.50. The van der Waals surface area contributed by atoms with Gasteiger partial charge in [0.25, 0.3) is 10.0 Å². The maximum Gasteiger partial charge on any atom is 0.265 e. The second kappa shape index (κ2) is 5.68. The third-order valence-electron chi connectivity index (χ3n) is 3.15. The number of aromatic nitrogens is 1. The van der Waals surface area contributed by atoms with E-state index in [2.05, 4.69) is 4.98 Å². The summed E-state index contributed by atoms with van der Waals surface area (Å²) < 4.78 is 26.7. The lowest BCUT2D eigenvalue weighted by atomic mass is 10.2. The predicted octanol–water partition coefficient (Wildman–Crippen LogP) is 2.03. The molecule has 0 aliphatic carbocycles. The Hall–Kier alpha value is -1.79. The zero-order valence-electron chi connectivity index (χ0n) is 11.5. The van der Waals surface area contributed by atoms with Crippen LogP contribution in [0.2, 0.25) is 0 Å². The number of nitrogens with zero attached hydrogens (tertiary/aromatic N) is 1. The van der Waals surface area contributed by atoms with E-state index < -0.39 is 10.0 Å². The lowest BCUT2D eigenvalue weighted by Gasteiger charge is -2.23. The van der Waals surface area contributed by atoms with E-state index in [0.717, 1.165) is 5.56 Å². The summed E-state index contributed by atoms with van der Waals surface area (Å²) in [5.74, 6) is 0. The van der Waals surface area contributed by atoms with Gasteiger partial charge in [-0.15, -0.1) is 0 Å². The molecule has 0 aliphatic rings. The number of anilines is 1. The molecule has 1 aromatic carbocycles. The van der Waals surface area contributed by atoms with Gasteiger partial charge < -0.3 is 10.1 Å². The summed E-state index contributed by atoms with van der Waals surface area (Å²) in [5, 5.41) is 9.03. The van der Waals surface area contributed by atoms with Gasteiger partial charge in [0.15, 0.2) is 0 Å². The van der Waals surface area contributed by atoms with Crippen LogP contribution in [0.1, 0.15) is 18.2 Å². The van der Waals surface area contributed by atoms with Gasteiger partial charge in [-0.1, -0.05) is 18.2 Å². The van der Waals surface area contributed by atoms with Gasteiger partial charge in [0.2, 0.25) is 0 Å². The molecule has 2 N–H and O–H groups in total. The summed E-state index contributed by atoms with van der Waals surface area (Å²) in [5.41, 5.74) is 2.04. The quantitative estimate of drug-likeness (QED) is 0.886. The molecule has 0 spiro atoms. The molecule has 0 radical (unpaired) electrons. The highest BCUT2D eigenvalue weighted by atomic mass is 32.2. The van der Waals surface area contributed by atoms with Crippen LogP contribution in [0.5, 0.6) is 0 Å². The number of para-hydroxylation sites is 1. The lowest BCUT2D eigenvalue weighted by Crippen LogP contribution is -2.31. The van der Waals surface area contributed by atoms with Gasteiger partial charge in [-0.3, -0.25) is 4.31 Å². The third kappa shape index (κ3) is 2.57. The summed E-state index contributed by atoms with van der Waals surface area (Å²) in [6.07, 6.45) is 1.40. The van der Waals surface area contributed by atoms with E-state index >= 15 is 0 Å². The first-order valence-corrected chi connectivity index (χ1v) is 7.81. The number of aliphatic hydroxyl groups is 1. The van der Waals surface area contributed by atoms with Crippen LogP contribution < -0.4 is 4.31 Å². The van der Waals surface area contributed by atoms with Crippen molar-refractivity contribution in [3.05, 3.63) is 47.8 Å². The van der Waals surface area contributed by atoms with E-state index in [-0.39, 0.29) is 11.5 Å². The Morgan fingerprint density at radius 2 is 2.00 bits per heavy atom. The number of sulfonamides is 1. The molecule has 0 bridgehead atoms. The minimum Gasteiger partial charge on any atom is -0.390 e. The number of nitrogens with one attached hydrogen (secondary N) is 1. The Bertz CT molecular complexity index is 692. The number of aryl methyl sites for hydroxylation is 1. The Morgan fingerprint density at radius 1 is 1.30 bits per heavy atom. The van der Waals surface area contributed by atoms with Crippen LogP contribution in [0.4, 0.5) is 5.69 Å². The minimum atomic E-state index is -3.62. The van der Waals surface area contributed by atoms with E-state index in [4.69, 9.17) is 5.11 Å². The zero-order chi connectivity index (χ0) is 14.8. The van der Waals surface area contributed by atoms with Crippen molar-refractivity contribution in [1.29, 1.82) is 0 Å². The van der Waals surface area contributed by atoms with Crippen molar-refractivity contribution in [3.8, 4) is 0 Å². The molecule has 0 amide bonds. The van der Waals surface area contributed by atoms with Crippen molar-refractivity contribution >= 4 is 15.7 Å². The van der Waals surface area contributed by atoms with Crippen molar-refractivity contribution in [2.75, 3.05) is 10.8 Å². The molecule has 0 aliphatic heterocycles. The maximum absolute atomic E-state index is 12.7. The summed E-state index contributed by atoms with van der Waals surface area (Å²) in [4.78, 5) is 2.91. The van der Waals surface area contributed by atoms with Crippen molar-refractivity contribution in [2.24, 2.45) is 0 Å². The normalized spacial score (nSPS) is 11.6. The van der Waals surface area contributed by atoms with Gasteiger partial charge in [0.05, 0.1) is 12.3 Å². The van der Waals surface area contributed by atoms with Crippen LogP contribution in [-0.2, 0) is 16.6 Å². The fourth-order valence-corrected chi connectivity index (χ4v) is 3.66. The van der Waals surface area contributed by atoms with Crippen LogP contribution in [0, 0.1) is 6.92 Å². The highest BCUT2D eigenvalue weighted by molar-refractivity contribution is 7.92. The SMILES string of the molecule is CCN(c1ccccc1C)S(=O)(=O)c1c[nH]c(CO)c1. The highest BCUT2D eigenvalue weighted by Gasteiger charge is 2.25. The first kappa shape index (κ1) is 14.6. The molecular weight excluding hydrogens is 276 g/mol. The largest absolute Gasteiger partial charge is 0.390 e. The number of rotatable bonds is 5. The van der Waals surface area contributed by atoms with E-state index in [1.54, 1.807) is 13.0 Å². The molecule has 0 fully saturated rings. The van der Waals surface area contributed by atoms with Gasteiger partial charge >= 0.3 is 0 Å². The molecule has 6 heteroatoms. The molecule has 0 saturated heterocycles. The lowest BCUT2D eigenvalue weighted by molar-refractivity contribution is 0.277. The number of benzene rings is 1. The molecule has 2 rings (SSSR count). The number of hydrogen-bond donors (Lipinski definition) is 2. The number of H-pyrrole nitrogens is 1. The first-order valence-electron chi connectivity index (χ1n) is 6.37. The van der Waals surface area contributed by atoms with Crippen molar-refractivity contribution in [3.63, 3.8) is 0 Å². The second-order valence-electron chi connectivity index (χ2n) is 4.48. The Labute approximate surface area is 118 Å². The summed E-state index contributed by atoms with van der Waals surface area (Å²) in [6.45, 7) is 3.80. The van der Waals surface area contributed by atoms with Gasteiger partial charge in [-0.25, -0.2) is 8.42 Å². The monoisotopic (exact) mass is 294 g/mol. The van der Waals surface area contributed by atoms with Crippen molar-refractivity contribution in [1.82, 2.24) is 4.98 Å². The van der Waals surface area contributed by atoms with Crippen LogP contribution in [0.15, 0.2) is 41.4 Å². The Kier molecular flexibility index (Phi) is 4.15. The fraction of sp³-hybridized carbons (Fsp3) is 0.286. The topological polar surface area (TPSA) is 73.4 Å². The maximum atomic E-state index is 12.7. The molecule has 5 nitrogen and oxygen atoms in total. The average molecular weight is 294 g/mol. The van der Waals surface area contributed by atoms with Crippen LogP contribution in [0.3, 0.4) is 0 Å².